The largest absolute Gasteiger partial charge is 0.378 e. The minimum absolute atomic E-state index is 0.486. The van der Waals surface area contributed by atoms with Crippen LogP contribution in [0.1, 0.15) is 64.7 Å². The van der Waals surface area contributed by atoms with Crippen molar-refractivity contribution in [1.82, 2.24) is 5.32 Å². The Balaban J connectivity index is 1.64. The highest BCUT2D eigenvalue weighted by Crippen LogP contribution is 2.53. The summed E-state index contributed by atoms with van der Waals surface area (Å²) in [7, 11) is 0. The van der Waals surface area contributed by atoms with Crippen LogP contribution in [0.2, 0.25) is 0 Å². The van der Waals surface area contributed by atoms with E-state index in [0.29, 0.717) is 11.5 Å². The number of hydrogen-bond donors (Lipinski definition) is 1. The van der Waals surface area contributed by atoms with Crippen molar-refractivity contribution in [1.29, 1.82) is 0 Å². The molecule has 0 heterocycles. The first-order valence-electron chi connectivity index (χ1n) is 8.70. The summed E-state index contributed by atoms with van der Waals surface area (Å²) >= 11 is 2.07. The maximum Gasteiger partial charge on any atom is 0.0661 e. The van der Waals surface area contributed by atoms with E-state index in [-0.39, 0.29) is 0 Å². The van der Waals surface area contributed by atoms with Crippen LogP contribution in [-0.4, -0.2) is 36.3 Å². The van der Waals surface area contributed by atoms with Crippen molar-refractivity contribution in [3.63, 3.8) is 0 Å². The van der Waals surface area contributed by atoms with Crippen molar-refractivity contribution in [3.8, 4) is 0 Å². The van der Waals surface area contributed by atoms with Gasteiger partial charge in [-0.2, -0.15) is 11.8 Å². The van der Waals surface area contributed by atoms with Gasteiger partial charge in [0.15, 0.2) is 0 Å². The zero-order valence-electron chi connectivity index (χ0n) is 13.2. The number of ether oxygens (including phenoxy) is 1. The molecule has 3 aliphatic carbocycles. The second-order valence-corrected chi connectivity index (χ2v) is 8.08. The summed E-state index contributed by atoms with van der Waals surface area (Å²) in [4.78, 5) is 0. The predicted molar refractivity (Wildman–Crippen MR) is 87.4 cm³/mol. The molecule has 0 aromatic rings. The van der Waals surface area contributed by atoms with E-state index in [4.69, 9.17) is 4.74 Å². The first-order chi connectivity index (χ1) is 9.80. The molecular weight excluding hydrogens is 266 g/mol. The molecule has 0 aliphatic heterocycles. The van der Waals surface area contributed by atoms with Crippen LogP contribution in [0.15, 0.2) is 0 Å². The molecule has 0 aromatic heterocycles. The number of thioether (sulfide) groups is 1. The fourth-order valence-electron chi connectivity index (χ4n) is 4.95. The first kappa shape index (κ1) is 15.2. The average Bonchev–Trinajstić information content (AvgIpc) is 2.94. The highest BCUT2D eigenvalue weighted by atomic mass is 32.2. The monoisotopic (exact) mass is 297 g/mol. The fraction of sp³-hybridized carbons (Fsp3) is 1.00. The third-order valence-corrected chi connectivity index (χ3v) is 7.28. The van der Waals surface area contributed by atoms with Crippen LogP contribution < -0.4 is 5.32 Å². The Morgan fingerprint density at radius 2 is 1.95 bits per heavy atom. The van der Waals surface area contributed by atoms with Crippen molar-refractivity contribution in [2.45, 2.75) is 88.1 Å². The Kier molecular flexibility index (Phi) is 4.99. The molecule has 0 saturated heterocycles. The Labute approximate surface area is 128 Å². The molecule has 3 rings (SSSR count). The Hall–Kier alpha value is 0.270. The smallest absolute Gasteiger partial charge is 0.0661 e. The van der Waals surface area contributed by atoms with E-state index in [1.54, 1.807) is 0 Å². The molecule has 20 heavy (non-hydrogen) atoms. The van der Waals surface area contributed by atoms with E-state index in [1.165, 1.54) is 57.8 Å². The second-order valence-electron chi connectivity index (χ2n) is 7.00. The Morgan fingerprint density at radius 3 is 2.65 bits per heavy atom. The van der Waals surface area contributed by atoms with Crippen molar-refractivity contribution >= 4 is 11.8 Å². The summed E-state index contributed by atoms with van der Waals surface area (Å²) in [5.74, 6) is 0. The molecule has 1 N–H and O–H groups in total. The molecule has 0 bridgehead atoms. The molecule has 0 aromatic carbocycles. The van der Waals surface area contributed by atoms with Crippen molar-refractivity contribution < 1.29 is 4.74 Å². The first-order valence-corrected chi connectivity index (χ1v) is 9.99. The molecule has 2 nitrogen and oxygen atoms in total. The van der Waals surface area contributed by atoms with E-state index in [0.717, 1.165) is 23.9 Å². The van der Waals surface area contributed by atoms with E-state index in [2.05, 4.69) is 30.3 Å². The lowest BCUT2D eigenvalue weighted by molar-refractivity contribution is -0.151. The molecule has 4 unspecified atom stereocenters. The predicted octanol–water partition coefficient (Wildman–Crippen LogP) is 3.99. The van der Waals surface area contributed by atoms with Gasteiger partial charge in [0.25, 0.3) is 0 Å². The number of hydrogen-bond acceptors (Lipinski definition) is 3. The van der Waals surface area contributed by atoms with Crippen LogP contribution in [-0.2, 0) is 4.74 Å². The van der Waals surface area contributed by atoms with Crippen LogP contribution in [0.5, 0.6) is 0 Å². The molecular formula is C17H31NOS. The summed E-state index contributed by atoms with van der Waals surface area (Å²) in [5, 5.41) is 4.91. The quantitative estimate of drug-likeness (QED) is 0.829. The van der Waals surface area contributed by atoms with Crippen LogP contribution in [0.4, 0.5) is 0 Å². The maximum absolute atomic E-state index is 6.07. The summed E-state index contributed by atoms with van der Waals surface area (Å²) in [6.07, 6.45) is 15.3. The van der Waals surface area contributed by atoms with Crippen LogP contribution in [0.3, 0.4) is 0 Å². The maximum atomic E-state index is 6.07. The minimum Gasteiger partial charge on any atom is -0.378 e. The van der Waals surface area contributed by atoms with Crippen molar-refractivity contribution in [3.05, 3.63) is 0 Å². The van der Waals surface area contributed by atoms with Gasteiger partial charge in [-0.05, 0) is 45.3 Å². The van der Waals surface area contributed by atoms with Gasteiger partial charge in [-0.25, -0.2) is 0 Å². The lowest BCUT2D eigenvalue weighted by atomic mass is 9.55. The highest BCUT2D eigenvalue weighted by molar-refractivity contribution is 7.99. The molecule has 0 amide bonds. The van der Waals surface area contributed by atoms with Gasteiger partial charge in [0.1, 0.15) is 0 Å². The van der Waals surface area contributed by atoms with Gasteiger partial charge >= 0.3 is 0 Å². The number of nitrogens with one attached hydrogen (secondary N) is 1. The molecule has 116 valence electrons. The van der Waals surface area contributed by atoms with Gasteiger partial charge in [-0.1, -0.05) is 25.7 Å². The zero-order valence-corrected chi connectivity index (χ0v) is 14.0. The lowest BCUT2D eigenvalue weighted by Gasteiger charge is -2.58. The topological polar surface area (TPSA) is 21.3 Å². The second kappa shape index (κ2) is 6.58. The molecule has 1 spiro atoms. The molecule has 0 radical (unpaired) electrons. The van der Waals surface area contributed by atoms with Crippen molar-refractivity contribution in [2.24, 2.45) is 5.41 Å². The Bertz CT molecular complexity index is 316. The third-order valence-electron chi connectivity index (χ3n) is 6.11. The molecule has 3 aliphatic rings. The van der Waals surface area contributed by atoms with Gasteiger partial charge in [0.2, 0.25) is 0 Å². The van der Waals surface area contributed by atoms with Crippen LogP contribution in [0.25, 0.3) is 0 Å². The van der Waals surface area contributed by atoms with Gasteiger partial charge < -0.3 is 10.1 Å². The lowest BCUT2D eigenvalue weighted by Crippen LogP contribution is -2.66. The van der Waals surface area contributed by atoms with Crippen molar-refractivity contribution in [2.75, 3.05) is 12.9 Å². The molecule has 3 heteroatoms. The van der Waals surface area contributed by atoms with E-state index in [9.17, 15) is 0 Å². The summed E-state index contributed by atoms with van der Waals surface area (Å²) < 4.78 is 6.07. The van der Waals surface area contributed by atoms with E-state index < -0.39 is 0 Å². The molecule has 4 atom stereocenters. The van der Waals surface area contributed by atoms with E-state index in [1.807, 2.05) is 0 Å². The van der Waals surface area contributed by atoms with Gasteiger partial charge in [0.05, 0.1) is 6.10 Å². The normalized spacial score (nSPS) is 39.9. The van der Waals surface area contributed by atoms with E-state index >= 15 is 0 Å². The van der Waals surface area contributed by atoms with Gasteiger partial charge in [-0.15, -0.1) is 0 Å². The third kappa shape index (κ3) is 2.66. The van der Waals surface area contributed by atoms with Crippen LogP contribution in [0, 0.1) is 5.41 Å². The minimum atomic E-state index is 0.486. The molecule has 3 saturated carbocycles. The summed E-state index contributed by atoms with van der Waals surface area (Å²) in [6.45, 7) is 3.04. The van der Waals surface area contributed by atoms with Crippen LogP contribution >= 0.6 is 11.8 Å². The number of rotatable bonds is 5. The average molecular weight is 298 g/mol. The highest BCUT2D eigenvalue weighted by Gasteiger charge is 2.56. The molecule has 3 fully saturated rings. The summed E-state index contributed by atoms with van der Waals surface area (Å²) in [6, 6.07) is 1.49. The summed E-state index contributed by atoms with van der Waals surface area (Å²) in [5.41, 5.74) is 0.486. The fourth-order valence-corrected chi connectivity index (χ4v) is 5.90. The Morgan fingerprint density at radius 1 is 1.15 bits per heavy atom. The zero-order chi connectivity index (χ0) is 14.0. The van der Waals surface area contributed by atoms with Gasteiger partial charge in [-0.3, -0.25) is 0 Å². The van der Waals surface area contributed by atoms with Gasteiger partial charge in [0, 0.05) is 29.4 Å². The standard InChI is InChI=1S/C17H31NOS/c1-3-19-16-12-15(17(16)10-5-4-6-11-17)18-13-8-7-9-14(13)20-2/h13-16,18H,3-12H2,1-2H3. The SMILES string of the molecule is CCOC1CC(NC2CCCC2SC)C12CCCCC2.